The zero-order chi connectivity index (χ0) is 20.3. The Morgan fingerprint density at radius 1 is 1.18 bits per heavy atom. The number of fused-ring (bicyclic) bond motifs is 1. The van der Waals surface area contributed by atoms with Crippen LogP contribution in [0.25, 0.3) is 21.2 Å². The molecule has 8 nitrogen and oxygen atoms in total. The van der Waals surface area contributed by atoms with Gasteiger partial charge in [-0.25, -0.2) is 0 Å². The van der Waals surface area contributed by atoms with Crippen LogP contribution in [0.5, 0.6) is 5.75 Å². The topological polar surface area (TPSA) is 120 Å². The Labute approximate surface area is 165 Å². The number of benzene rings is 2. The van der Waals surface area contributed by atoms with E-state index in [1.807, 2.05) is 42.5 Å². The fraction of sp³-hybridized carbons (Fsp3) is 0.111. The average molecular weight is 419 g/mol. The number of hydrogen-bond donors (Lipinski definition) is 2. The molecule has 0 aliphatic rings. The van der Waals surface area contributed by atoms with Gasteiger partial charge in [0.05, 0.1) is 18.2 Å². The molecule has 0 radical (unpaired) electrons. The number of ether oxygens (including phenoxy) is 1. The van der Waals surface area contributed by atoms with Gasteiger partial charge in [-0.15, -0.1) is 11.3 Å². The maximum Gasteiger partial charge on any atom is 0.325 e. The second-order valence-corrected chi connectivity index (χ2v) is 8.41. The lowest BCUT2D eigenvalue weighted by Crippen LogP contribution is -2.36. The molecule has 3 rings (SSSR count). The second kappa shape index (κ2) is 7.87. The molecule has 0 spiro atoms. The van der Waals surface area contributed by atoms with Crippen molar-refractivity contribution < 1.29 is 22.2 Å². The zero-order valence-electron chi connectivity index (χ0n) is 15.0. The number of guanidine groups is 1. The Hall–Kier alpha value is -3.11. The van der Waals surface area contributed by atoms with Gasteiger partial charge in [-0.2, -0.15) is 8.42 Å². The fourth-order valence-corrected chi connectivity index (χ4v) is 3.70. The Kier molecular flexibility index (Phi) is 5.52. The minimum Gasteiger partial charge on any atom is -0.497 e. The van der Waals surface area contributed by atoms with Crippen LogP contribution in [0.1, 0.15) is 9.67 Å². The van der Waals surface area contributed by atoms with Crippen LogP contribution < -0.4 is 15.8 Å². The van der Waals surface area contributed by atoms with Gasteiger partial charge in [0.25, 0.3) is 5.91 Å². The van der Waals surface area contributed by atoms with Crippen molar-refractivity contribution in [3.05, 3.63) is 53.4 Å². The highest BCUT2D eigenvalue weighted by Crippen LogP contribution is 2.34. The molecule has 0 fully saturated rings. The average Bonchev–Trinajstić information content (AvgIpc) is 3.10. The van der Waals surface area contributed by atoms with Gasteiger partial charge in [0.1, 0.15) is 5.75 Å². The lowest BCUT2D eigenvalue weighted by molar-refractivity contribution is 0.0979. The number of nitrogens with two attached hydrogens (primary N) is 1. The van der Waals surface area contributed by atoms with E-state index >= 15 is 0 Å². The van der Waals surface area contributed by atoms with Crippen LogP contribution in [0.15, 0.2) is 53.7 Å². The van der Waals surface area contributed by atoms with Crippen molar-refractivity contribution in [2.24, 2.45) is 10.9 Å². The van der Waals surface area contributed by atoms with Crippen LogP contribution >= 0.6 is 11.3 Å². The van der Waals surface area contributed by atoms with E-state index in [0.29, 0.717) is 4.88 Å². The maximum absolute atomic E-state index is 12.4. The number of carbonyl (C=O) groups is 1. The molecule has 0 aliphatic heterocycles. The molecule has 10 heteroatoms. The molecule has 1 heterocycles. The third-order valence-corrected chi connectivity index (χ3v) is 5.14. The van der Waals surface area contributed by atoms with Crippen molar-refractivity contribution in [2.75, 3.05) is 13.4 Å². The van der Waals surface area contributed by atoms with Gasteiger partial charge in [0.15, 0.2) is 0 Å². The van der Waals surface area contributed by atoms with E-state index in [4.69, 9.17) is 10.5 Å². The molecule has 0 bridgehead atoms. The van der Waals surface area contributed by atoms with E-state index in [0.717, 1.165) is 33.2 Å². The van der Waals surface area contributed by atoms with Gasteiger partial charge in [-0.05, 0) is 40.5 Å². The number of oxime groups is 1. The number of methoxy groups -OCH3 is 1. The number of nitrogens with zero attached hydrogens (tertiary/aromatic N) is 1. The van der Waals surface area contributed by atoms with Crippen molar-refractivity contribution in [3.8, 4) is 16.9 Å². The molecule has 0 atom stereocenters. The summed E-state index contributed by atoms with van der Waals surface area (Å²) in [6.07, 6.45) is 0.818. The number of carbonyl (C=O) groups excluding carboxylic acids is 1. The Balaban J connectivity index is 1.89. The minimum atomic E-state index is -3.81. The van der Waals surface area contributed by atoms with Gasteiger partial charge in [-0.1, -0.05) is 24.3 Å². The minimum absolute atomic E-state index is 0.397. The molecule has 1 amide bonds. The maximum atomic E-state index is 12.4. The van der Waals surface area contributed by atoms with Crippen LogP contribution in [0.3, 0.4) is 0 Å². The Bertz CT molecular complexity index is 1150. The van der Waals surface area contributed by atoms with E-state index in [2.05, 4.69) is 14.8 Å². The summed E-state index contributed by atoms with van der Waals surface area (Å²) in [5.41, 5.74) is 7.44. The standard InChI is InChI=1S/C18H17N3O5S2/c1-25-12-8-6-11(7-9-12)13-4-3-5-15-14(13)10-16(27-15)17(22)20-18(19)21-26-28(2,23)24/h3-10H,1-2H3,(H3,19,20,21,22). The van der Waals surface area contributed by atoms with E-state index in [9.17, 15) is 13.2 Å². The highest BCUT2D eigenvalue weighted by Gasteiger charge is 2.14. The SMILES string of the molecule is COc1ccc(-c2cccc3sc(C(=O)NC(N)=NOS(C)(=O)=O)cc23)cc1. The zero-order valence-corrected chi connectivity index (χ0v) is 16.6. The Morgan fingerprint density at radius 2 is 1.89 bits per heavy atom. The van der Waals surface area contributed by atoms with E-state index in [-0.39, 0.29) is 0 Å². The summed E-state index contributed by atoms with van der Waals surface area (Å²) in [6.45, 7) is 0. The van der Waals surface area contributed by atoms with Crippen molar-refractivity contribution >= 4 is 43.4 Å². The highest BCUT2D eigenvalue weighted by atomic mass is 32.2. The highest BCUT2D eigenvalue weighted by molar-refractivity contribution is 7.85. The van der Waals surface area contributed by atoms with Gasteiger partial charge < -0.3 is 10.5 Å². The summed E-state index contributed by atoms with van der Waals surface area (Å²) in [4.78, 5) is 12.8. The third-order valence-electron chi connectivity index (χ3n) is 3.70. The molecule has 1 aromatic heterocycles. The Morgan fingerprint density at radius 3 is 2.54 bits per heavy atom. The molecule has 3 N–H and O–H groups in total. The molecular weight excluding hydrogens is 402 g/mol. The first-order valence-electron chi connectivity index (χ1n) is 7.97. The van der Waals surface area contributed by atoms with Gasteiger partial charge >= 0.3 is 10.1 Å². The van der Waals surface area contributed by atoms with E-state index < -0.39 is 22.0 Å². The van der Waals surface area contributed by atoms with Crippen LogP contribution in [0.4, 0.5) is 0 Å². The van der Waals surface area contributed by atoms with Crippen molar-refractivity contribution in [2.45, 2.75) is 0 Å². The molecule has 0 aliphatic carbocycles. The molecule has 3 aromatic rings. The first-order chi connectivity index (χ1) is 13.3. The molecular formula is C18H17N3O5S2. The van der Waals surface area contributed by atoms with Gasteiger partial charge in [0.2, 0.25) is 5.96 Å². The summed E-state index contributed by atoms with van der Waals surface area (Å²) < 4.78 is 32.1. The molecule has 2 aromatic carbocycles. The van der Waals surface area contributed by atoms with Gasteiger partial charge in [0, 0.05) is 10.1 Å². The predicted octanol–water partition coefficient (Wildman–Crippen LogP) is 2.51. The summed E-state index contributed by atoms with van der Waals surface area (Å²) in [6, 6.07) is 15.2. The molecule has 0 unspecified atom stereocenters. The molecule has 0 saturated heterocycles. The molecule has 0 saturated carbocycles. The van der Waals surface area contributed by atoms with Crippen LogP contribution in [-0.4, -0.2) is 33.7 Å². The second-order valence-electron chi connectivity index (χ2n) is 5.77. The lowest BCUT2D eigenvalue weighted by atomic mass is 10.0. The summed E-state index contributed by atoms with van der Waals surface area (Å²) in [5, 5.41) is 6.37. The number of amides is 1. The van der Waals surface area contributed by atoms with Crippen LogP contribution in [-0.2, 0) is 14.4 Å². The smallest absolute Gasteiger partial charge is 0.325 e. The summed E-state index contributed by atoms with van der Waals surface area (Å²) in [5.74, 6) is -0.212. The van der Waals surface area contributed by atoms with Crippen LogP contribution in [0.2, 0.25) is 0 Å². The fourth-order valence-electron chi connectivity index (χ4n) is 2.50. The predicted molar refractivity (Wildman–Crippen MR) is 109 cm³/mol. The number of rotatable bonds is 5. The molecule has 146 valence electrons. The third kappa shape index (κ3) is 4.59. The van der Waals surface area contributed by atoms with Crippen molar-refractivity contribution in [1.82, 2.24) is 5.32 Å². The lowest BCUT2D eigenvalue weighted by Gasteiger charge is -2.05. The summed E-state index contributed by atoms with van der Waals surface area (Å²) >= 11 is 1.28. The van der Waals surface area contributed by atoms with E-state index in [1.54, 1.807) is 13.2 Å². The monoisotopic (exact) mass is 419 g/mol. The van der Waals surface area contributed by atoms with Crippen molar-refractivity contribution in [3.63, 3.8) is 0 Å². The largest absolute Gasteiger partial charge is 0.497 e. The quantitative estimate of drug-likeness (QED) is 0.372. The number of nitrogens with one attached hydrogen (secondary N) is 1. The molecule has 28 heavy (non-hydrogen) atoms. The van der Waals surface area contributed by atoms with Crippen LogP contribution in [0, 0.1) is 0 Å². The number of thiophene rings is 1. The summed E-state index contributed by atoms with van der Waals surface area (Å²) in [7, 11) is -2.20. The van der Waals surface area contributed by atoms with Crippen molar-refractivity contribution in [1.29, 1.82) is 0 Å². The first-order valence-corrected chi connectivity index (χ1v) is 10.6. The van der Waals surface area contributed by atoms with Gasteiger partial charge in [-0.3, -0.25) is 14.4 Å². The first kappa shape index (κ1) is 19.6. The normalized spacial score (nSPS) is 12.0. The van der Waals surface area contributed by atoms with E-state index in [1.165, 1.54) is 11.3 Å². The number of hydrogen-bond acceptors (Lipinski definition) is 7.